The van der Waals surface area contributed by atoms with Crippen LogP contribution >= 0.6 is 0 Å². The summed E-state index contributed by atoms with van der Waals surface area (Å²) in [6, 6.07) is 31.9. The fourth-order valence-electron chi connectivity index (χ4n) is 4.60. The summed E-state index contributed by atoms with van der Waals surface area (Å²) in [7, 11) is 0. The van der Waals surface area contributed by atoms with E-state index in [9.17, 15) is 0 Å². The molecule has 144 valence electrons. The molecule has 0 unspecified atom stereocenters. The van der Waals surface area contributed by atoms with Crippen LogP contribution in [0, 0.1) is 0 Å². The lowest BCUT2D eigenvalue weighted by molar-refractivity contribution is 0.289. The van der Waals surface area contributed by atoms with E-state index in [0.29, 0.717) is 0 Å². The Kier molecular flexibility index (Phi) is 4.70. The van der Waals surface area contributed by atoms with Gasteiger partial charge in [-0.1, -0.05) is 96.2 Å². The Balaban J connectivity index is 1.75. The molecule has 2 heterocycles. The van der Waals surface area contributed by atoms with Crippen molar-refractivity contribution in [3.05, 3.63) is 108 Å². The van der Waals surface area contributed by atoms with Crippen molar-refractivity contribution < 1.29 is 0 Å². The van der Waals surface area contributed by atoms with Crippen LogP contribution in [0.25, 0.3) is 11.3 Å². The van der Waals surface area contributed by atoms with E-state index in [2.05, 4.69) is 99.3 Å². The van der Waals surface area contributed by atoms with E-state index in [1.165, 1.54) is 11.1 Å². The van der Waals surface area contributed by atoms with E-state index in [1.807, 2.05) is 18.2 Å². The topological polar surface area (TPSA) is 42.7 Å². The third-order valence-corrected chi connectivity index (χ3v) is 5.92. The molecule has 4 heteroatoms. The summed E-state index contributed by atoms with van der Waals surface area (Å²) in [6.07, 6.45) is 4.34. The highest BCUT2D eigenvalue weighted by atomic mass is 15.5. The number of rotatable bonds is 5. The van der Waals surface area contributed by atoms with Gasteiger partial charge in [-0.25, -0.2) is 4.68 Å². The Hall–Kier alpha value is -3.24. The second-order valence-corrected chi connectivity index (χ2v) is 7.56. The van der Waals surface area contributed by atoms with Crippen LogP contribution < -0.4 is 5.32 Å². The maximum atomic E-state index is 4.69. The van der Waals surface area contributed by atoms with Gasteiger partial charge in [-0.05, 0) is 30.5 Å². The highest BCUT2D eigenvalue weighted by Gasteiger charge is 2.46. The molecule has 0 amide bonds. The van der Waals surface area contributed by atoms with Gasteiger partial charge in [0.15, 0.2) is 0 Å². The van der Waals surface area contributed by atoms with Crippen LogP contribution in [0.1, 0.15) is 24.0 Å². The molecule has 5 rings (SSSR count). The van der Waals surface area contributed by atoms with Crippen LogP contribution in [0.5, 0.6) is 0 Å². The van der Waals surface area contributed by atoms with E-state index >= 15 is 0 Å². The van der Waals surface area contributed by atoms with Gasteiger partial charge in [-0.2, -0.15) is 0 Å². The molecule has 4 nitrogen and oxygen atoms in total. The number of hydrogen-bond acceptors (Lipinski definition) is 3. The minimum atomic E-state index is -0.459. The van der Waals surface area contributed by atoms with Crippen molar-refractivity contribution in [3.8, 4) is 11.3 Å². The molecule has 0 spiro atoms. The highest BCUT2D eigenvalue weighted by molar-refractivity contribution is 5.57. The zero-order valence-electron chi connectivity index (χ0n) is 16.3. The molecule has 3 aromatic carbocycles. The first-order valence-corrected chi connectivity index (χ1v) is 10.2. The molecule has 1 fully saturated rings. The Labute approximate surface area is 171 Å². The smallest absolute Gasteiger partial charge is 0.129 e. The van der Waals surface area contributed by atoms with Crippen molar-refractivity contribution in [2.75, 3.05) is 6.54 Å². The van der Waals surface area contributed by atoms with Crippen LogP contribution in [0.15, 0.2) is 97.2 Å². The Bertz CT molecular complexity index is 1010. The minimum absolute atomic E-state index is 0.234. The lowest BCUT2D eigenvalue weighted by Gasteiger charge is -2.40. The van der Waals surface area contributed by atoms with E-state index in [-0.39, 0.29) is 6.04 Å². The van der Waals surface area contributed by atoms with E-state index in [1.54, 1.807) is 0 Å². The van der Waals surface area contributed by atoms with E-state index in [4.69, 9.17) is 0 Å². The largest absolute Gasteiger partial charge is 0.311 e. The molecule has 0 radical (unpaired) electrons. The van der Waals surface area contributed by atoms with Gasteiger partial charge in [0.1, 0.15) is 11.2 Å². The van der Waals surface area contributed by atoms with Crippen molar-refractivity contribution in [2.24, 2.45) is 0 Å². The Morgan fingerprint density at radius 3 is 1.93 bits per heavy atom. The monoisotopic (exact) mass is 380 g/mol. The molecular weight excluding hydrogens is 356 g/mol. The van der Waals surface area contributed by atoms with Crippen LogP contribution in [-0.4, -0.2) is 27.6 Å². The molecule has 1 atom stereocenters. The van der Waals surface area contributed by atoms with Crippen molar-refractivity contribution in [3.63, 3.8) is 0 Å². The quantitative estimate of drug-likeness (QED) is 0.555. The summed E-state index contributed by atoms with van der Waals surface area (Å²) in [5.41, 5.74) is 3.94. The first-order valence-electron chi connectivity index (χ1n) is 10.2. The molecule has 1 aliphatic heterocycles. The third-order valence-electron chi connectivity index (χ3n) is 5.92. The SMILES string of the molecule is c1ccc(-c2cn(C(c3ccccc3)(c3ccccc3)[C@@H]3CCCN3)nn2)cc1. The molecule has 1 aliphatic rings. The third kappa shape index (κ3) is 3.06. The average Bonchev–Trinajstić information content (AvgIpc) is 3.50. The number of nitrogens with zero attached hydrogens (tertiary/aromatic N) is 3. The number of hydrogen-bond donors (Lipinski definition) is 1. The predicted octanol–water partition coefficient (Wildman–Crippen LogP) is 4.49. The standard InChI is InChI=1S/C25H24N4/c1-4-11-20(12-5-1)23-19-29(28-27-23)25(24-17-10-18-26-24,21-13-6-2-7-14-21)22-15-8-3-9-16-22/h1-9,11-16,19,24,26H,10,17-18H2/t24-/m0/s1. The zero-order valence-corrected chi connectivity index (χ0v) is 16.3. The van der Waals surface area contributed by atoms with Gasteiger partial charge in [0.25, 0.3) is 0 Å². The molecule has 1 N–H and O–H groups in total. The van der Waals surface area contributed by atoms with E-state index in [0.717, 1.165) is 30.6 Å². The fourth-order valence-corrected chi connectivity index (χ4v) is 4.60. The van der Waals surface area contributed by atoms with Crippen LogP contribution in [0.4, 0.5) is 0 Å². The lowest BCUT2D eigenvalue weighted by Crippen LogP contribution is -2.51. The zero-order chi connectivity index (χ0) is 19.5. The molecule has 29 heavy (non-hydrogen) atoms. The summed E-state index contributed by atoms with van der Waals surface area (Å²) >= 11 is 0. The minimum Gasteiger partial charge on any atom is -0.311 e. The molecule has 1 aromatic heterocycles. The fraction of sp³-hybridized carbons (Fsp3) is 0.200. The second kappa shape index (κ2) is 7.64. The number of aromatic nitrogens is 3. The molecule has 0 bridgehead atoms. The molecule has 4 aromatic rings. The number of benzene rings is 3. The van der Waals surface area contributed by atoms with Gasteiger partial charge >= 0.3 is 0 Å². The van der Waals surface area contributed by atoms with Crippen molar-refractivity contribution in [1.29, 1.82) is 0 Å². The summed E-state index contributed by atoms with van der Waals surface area (Å²) in [5, 5.41) is 13.0. The molecule has 0 saturated carbocycles. The van der Waals surface area contributed by atoms with Crippen molar-refractivity contribution in [1.82, 2.24) is 20.3 Å². The van der Waals surface area contributed by atoms with Crippen molar-refractivity contribution in [2.45, 2.75) is 24.4 Å². The Morgan fingerprint density at radius 2 is 1.38 bits per heavy atom. The molecule has 1 saturated heterocycles. The maximum Gasteiger partial charge on any atom is 0.129 e. The van der Waals surface area contributed by atoms with Gasteiger partial charge in [-0.15, -0.1) is 5.10 Å². The molecular formula is C25H24N4. The maximum absolute atomic E-state index is 4.69. The van der Waals surface area contributed by atoms with Crippen LogP contribution in [-0.2, 0) is 5.54 Å². The van der Waals surface area contributed by atoms with Gasteiger partial charge in [0.2, 0.25) is 0 Å². The predicted molar refractivity (Wildman–Crippen MR) is 116 cm³/mol. The summed E-state index contributed by atoms with van der Waals surface area (Å²) in [6.45, 7) is 1.02. The highest BCUT2D eigenvalue weighted by Crippen LogP contribution is 2.40. The van der Waals surface area contributed by atoms with Crippen molar-refractivity contribution >= 4 is 0 Å². The van der Waals surface area contributed by atoms with Gasteiger partial charge in [-0.3, -0.25) is 0 Å². The van der Waals surface area contributed by atoms with Gasteiger partial charge in [0.05, 0.1) is 6.20 Å². The molecule has 0 aliphatic carbocycles. The second-order valence-electron chi connectivity index (χ2n) is 7.56. The average molecular weight is 380 g/mol. The van der Waals surface area contributed by atoms with Gasteiger partial charge < -0.3 is 5.32 Å². The lowest BCUT2D eigenvalue weighted by atomic mass is 9.76. The number of nitrogens with one attached hydrogen (secondary N) is 1. The normalized spacial score (nSPS) is 16.8. The first-order chi connectivity index (χ1) is 14.4. The van der Waals surface area contributed by atoms with Gasteiger partial charge in [0, 0.05) is 11.6 Å². The Morgan fingerprint density at radius 1 is 0.793 bits per heavy atom. The van der Waals surface area contributed by atoms with Crippen LogP contribution in [0.2, 0.25) is 0 Å². The van der Waals surface area contributed by atoms with Crippen LogP contribution in [0.3, 0.4) is 0 Å². The summed E-state index contributed by atoms with van der Waals surface area (Å²) in [4.78, 5) is 0. The summed E-state index contributed by atoms with van der Waals surface area (Å²) < 4.78 is 2.07. The summed E-state index contributed by atoms with van der Waals surface area (Å²) in [5.74, 6) is 0. The first kappa shape index (κ1) is 17.8. The van der Waals surface area contributed by atoms with E-state index < -0.39 is 5.54 Å².